The van der Waals surface area contributed by atoms with Crippen molar-refractivity contribution in [2.45, 2.75) is 6.54 Å². The van der Waals surface area contributed by atoms with E-state index in [9.17, 15) is 0 Å². The number of nitrogens with zero attached hydrogens (tertiary/aromatic N) is 1. The third kappa shape index (κ3) is 2.44. The van der Waals surface area contributed by atoms with Crippen molar-refractivity contribution in [3.05, 3.63) is 53.3 Å². The third-order valence-electron chi connectivity index (χ3n) is 2.24. The van der Waals surface area contributed by atoms with Crippen LogP contribution in [0.4, 0.5) is 11.4 Å². The monoisotopic (exact) mass is 233 g/mol. The van der Waals surface area contributed by atoms with E-state index >= 15 is 0 Å². The van der Waals surface area contributed by atoms with Gasteiger partial charge < -0.3 is 11.1 Å². The van der Waals surface area contributed by atoms with Gasteiger partial charge in [-0.1, -0.05) is 23.7 Å². The van der Waals surface area contributed by atoms with Gasteiger partial charge in [0.05, 0.1) is 28.6 Å². The number of pyridine rings is 1. The van der Waals surface area contributed by atoms with Gasteiger partial charge in [0.15, 0.2) is 0 Å². The highest BCUT2D eigenvalue weighted by atomic mass is 35.5. The van der Waals surface area contributed by atoms with Gasteiger partial charge in [-0.3, -0.25) is 4.98 Å². The standard InChI is InChI=1S/C12H12ClN3/c13-10-5-3-6-11(12(10)14)16-8-9-4-1-2-7-15-9/h1-7,16H,8,14H2. The quantitative estimate of drug-likeness (QED) is 0.802. The Morgan fingerprint density at radius 2 is 2.06 bits per heavy atom. The second kappa shape index (κ2) is 4.86. The molecule has 4 heteroatoms. The first-order chi connectivity index (χ1) is 7.77. The van der Waals surface area contributed by atoms with Gasteiger partial charge in [-0.25, -0.2) is 0 Å². The molecule has 0 amide bonds. The number of nitrogens with one attached hydrogen (secondary N) is 1. The summed E-state index contributed by atoms with van der Waals surface area (Å²) in [6.07, 6.45) is 1.76. The van der Waals surface area contributed by atoms with Crippen molar-refractivity contribution in [2.75, 3.05) is 11.1 Å². The molecule has 0 aliphatic rings. The van der Waals surface area contributed by atoms with Crippen molar-refractivity contribution < 1.29 is 0 Å². The molecule has 3 nitrogen and oxygen atoms in total. The molecule has 0 fully saturated rings. The fraction of sp³-hybridized carbons (Fsp3) is 0.0833. The van der Waals surface area contributed by atoms with Crippen molar-refractivity contribution in [3.8, 4) is 0 Å². The molecule has 1 aromatic carbocycles. The number of para-hydroxylation sites is 1. The zero-order chi connectivity index (χ0) is 11.4. The summed E-state index contributed by atoms with van der Waals surface area (Å²) in [5, 5.41) is 3.76. The molecule has 1 heterocycles. The number of aromatic nitrogens is 1. The number of hydrogen-bond donors (Lipinski definition) is 2. The van der Waals surface area contributed by atoms with Gasteiger partial charge in [0.1, 0.15) is 0 Å². The minimum absolute atomic E-state index is 0.561. The summed E-state index contributed by atoms with van der Waals surface area (Å²) in [5.74, 6) is 0. The van der Waals surface area contributed by atoms with Gasteiger partial charge >= 0.3 is 0 Å². The van der Waals surface area contributed by atoms with E-state index in [0.29, 0.717) is 17.3 Å². The van der Waals surface area contributed by atoms with Crippen molar-refractivity contribution in [2.24, 2.45) is 0 Å². The van der Waals surface area contributed by atoms with Crippen molar-refractivity contribution in [1.82, 2.24) is 4.98 Å². The molecule has 2 aromatic rings. The first kappa shape index (κ1) is 10.8. The number of nitrogen functional groups attached to an aromatic ring is 1. The maximum Gasteiger partial charge on any atom is 0.0739 e. The van der Waals surface area contributed by atoms with Gasteiger partial charge in [-0.05, 0) is 24.3 Å². The number of halogens is 1. The Labute approximate surface area is 99.3 Å². The second-order valence-electron chi connectivity index (χ2n) is 3.38. The van der Waals surface area contributed by atoms with Crippen LogP contribution in [-0.2, 0) is 6.54 Å². The van der Waals surface area contributed by atoms with E-state index in [-0.39, 0.29) is 0 Å². The van der Waals surface area contributed by atoms with Crippen LogP contribution in [0.1, 0.15) is 5.69 Å². The van der Waals surface area contributed by atoms with Crippen molar-refractivity contribution in [1.29, 1.82) is 0 Å². The lowest BCUT2D eigenvalue weighted by Crippen LogP contribution is -2.03. The van der Waals surface area contributed by atoms with Crippen LogP contribution in [0.3, 0.4) is 0 Å². The average molecular weight is 234 g/mol. The topological polar surface area (TPSA) is 50.9 Å². The Morgan fingerprint density at radius 1 is 1.19 bits per heavy atom. The molecule has 0 aliphatic carbocycles. The van der Waals surface area contributed by atoms with Gasteiger partial charge in [-0.2, -0.15) is 0 Å². The van der Waals surface area contributed by atoms with E-state index in [1.165, 1.54) is 0 Å². The molecule has 0 aliphatic heterocycles. The highest BCUT2D eigenvalue weighted by Gasteiger charge is 2.02. The Balaban J connectivity index is 2.08. The normalized spacial score (nSPS) is 10.1. The van der Waals surface area contributed by atoms with Gasteiger partial charge in [0, 0.05) is 6.20 Å². The average Bonchev–Trinajstić information content (AvgIpc) is 2.32. The minimum atomic E-state index is 0.561. The van der Waals surface area contributed by atoms with E-state index < -0.39 is 0 Å². The molecular weight excluding hydrogens is 222 g/mol. The lowest BCUT2D eigenvalue weighted by atomic mass is 10.2. The highest BCUT2D eigenvalue weighted by Crippen LogP contribution is 2.26. The maximum atomic E-state index is 5.91. The first-order valence-electron chi connectivity index (χ1n) is 4.95. The van der Waals surface area contributed by atoms with E-state index in [1.807, 2.05) is 30.3 Å². The van der Waals surface area contributed by atoms with Crippen molar-refractivity contribution in [3.63, 3.8) is 0 Å². The van der Waals surface area contributed by atoms with E-state index in [2.05, 4.69) is 10.3 Å². The van der Waals surface area contributed by atoms with Crippen LogP contribution in [0.5, 0.6) is 0 Å². The smallest absolute Gasteiger partial charge is 0.0739 e. The summed E-state index contributed by atoms with van der Waals surface area (Å²) in [4.78, 5) is 4.21. The summed E-state index contributed by atoms with van der Waals surface area (Å²) >= 11 is 5.91. The Hall–Kier alpha value is -1.74. The largest absolute Gasteiger partial charge is 0.396 e. The summed E-state index contributed by atoms with van der Waals surface area (Å²) in [6.45, 7) is 0.630. The molecule has 0 atom stereocenters. The predicted octanol–water partition coefficient (Wildman–Crippen LogP) is 2.93. The van der Waals surface area contributed by atoms with Crippen LogP contribution in [0, 0.1) is 0 Å². The summed E-state index contributed by atoms with van der Waals surface area (Å²) in [7, 11) is 0. The Kier molecular flexibility index (Phi) is 3.27. The zero-order valence-corrected chi connectivity index (χ0v) is 9.41. The van der Waals surface area contributed by atoms with E-state index in [1.54, 1.807) is 12.3 Å². The van der Waals surface area contributed by atoms with Gasteiger partial charge in [-0.15, -0.1) is 0 Å². The predicted molar refractivity (Wildman–Crippen MR) is 67.4 cm³/mol. The Bertz CT molecular complexity index is 471. The summed E-state index contributed by atoms with van der Waals surface area (Å²) in [6, 6.07) is 11.3. The maximum absolute atomic E-state index is 5.91. The van der Waals surface area contributed by atoms with Gasteiger partial charge in [0.2, 0.25) is 0 Å². The number of nitrogens with two attached hydrogens (primary N) is 1. The van der Waals surface area contributed by atoms with Crippen LogP contribution in [0.2, 0.25) is 5.02 Å². The SMILES string of the molecule is Nc1c(Cl)cccc1NCc1ccccn1. The van der Waals surface area contributed by atoms with Crippen LogP contribution in [-0.4, -0.2) is 4.98 Å². The molecule has 0 bridgehead atoms. The van der Waals surface area contributed by atoms with Crippen LogP contribution in [0.15, 0.2) is 42.6 Å². The Morgan fingerprint density at radius 3 is 2.81 bits per heavy atom. The fourth-order valence-corrected chi connectivity index (χ4v) is 1.55. The lowest BCUT2D eigenvalue weighted by Gasteiger charge is -2.09. The fourth-order valence-electron chi connectivity index (χ4n) is 1.38. The van der Waals surface area contributed by atoms with Crippen LogP contribution >= 0.6 is 11.6 Å². The molecule has 2 rings (SSSR count). The molecule has 0 saturated carbocycles. The van der Waals surface area contributed by atoms with E-state index in [0.717, 1.165) is 11.4 Å². The number of anilines is 2. The molecule has 0 radical (unpaired) electrons. The number of benzene rings is 1. The summed E-state index contributed by atoms with van der Waals surface area (Å²) < 4.78 is 0. The number of rotatable bonds is 3. The molecule has 1 aromatic heterocycles. The lowest BCUT2D eigenvalue weighted by molar-refractivity contribution is 1.05. The molecule has 16 heavy (non-hydrogen) atoms. The summed E-state index contributed by atoms with van der Waals surface area (Å²) in [5.41, 5.74) is 8.19. The third-order valence-corrected chi connectivity index (χ3v) is 2.57. The van der Waals surface area contributed by atoms with Crippen LogP contribution in [0.25, 0.3) is 0 Å². The first-order valence-corrected chi connectivity index (χ1v) is 5.33. The van der Waals surface area contributed by atoms with E-state index in [4.69, 9.17) is 17.3 Å². The van der Waals surface area contributed by atoms with Crippen molar-refractivity contribution >= 4 is 23.0 Å². The number of hydrogen-bond acceptors (Lipinski definition) is 3. The molecule has 82 valence electrons. The zero-order valence-electron chi connectivity index (χ0n) is 8.65. The van der Waals surface area contributed by atoms with Gasteiger partial charge in [0.25, 0.3) is 0 Å². The second-order valence-corrected chi connectivity index (χ2v) is 3.78. The molecule has 3 N–H and O–H groups in total. The molecule has 0 spiro atoms. The molecule has 0 unspecified atom stereocenters. The molecule has 0 saturated heterocycles. The van der Waals surface area contributed by atoms with Crippen LogP contribution < -0.4 is 11.1 Å². The minimum Gasteiger partial charge on any atom is -0.396 e. The molecular formula is C12H12ClN3. The highest BCUT2D eigenvalue weighted by molar-refractivity contribution is 6.33.